The molecule has 0 bridgehead atoms. The van der Waals surface area contributed by atoms with Gasteiger partial charge in [0.2, 0.25) is 15.9 Å². The minimum Gasteiger partial charge on any atom is -0.377 e. The van der Waals surface area contributed by atoms with Crippen LogP contribution in [-0.2, 0) is 21.2 Å². The molecule has 1 atom stereocenters. The Morgan fingerprint density at radius 2 is 1.82 bits per heavy atom. The van der Waals surface area contributed by atoms with Gasteiger partial charge in [-0.3, -0.25) is 9.59 Å². The summed E-state index contributed by atoms with van der Waals surface area (Å²) in [5.74, 6) is -0.744. The van der Waals surface area contributed by atoms with Gasteiger partial charge in [-0.2, -0.15) is 0 Å². The standard InChI is InChI=1S/C24H32N4O4S/c1-23(2)14-17-12-16(21(29)28-33(6,31)32)10-11-19(17)26-20(23)15-8-7-9-18(13-15)27-24(3,4)22(30)25-5/h7-13,20,26-27H,14H2,1-6H3,(H,25,30)(H,28,29). The van der Waals surface area contributed by atoms with Crippen molar-refractivity contribution in [2.75, 3.05) is 23.9 Å². The van der Waals surface area contributed by atoms with Crippen LogP contribution in [0.5, 0.6) is 0 Å². The molecule has 0 aromatic heterocycles. The smallest absolute Gasteiger partial charge is 0.264 e. The van der Waals surface area contributed by atoms with Gasteiger partial charge in [0.1, 0.15) is 5.54 Å². The molecular formula is C24H32N4O4S. The average molecular weight is 473 g/mol. The molecule has 1 aliphatic rings. The zero-order valence-corrected chi connectivity index (χ0v) is 20.7. The summed E-state index contributed by atoms with van der Waals surface area (Å²) in [5.41, 5.74) is 3.11. The van der Waals surface area contributed by atoms with E-state index in [0.29, 0.717) is 12.0 Å². The van der Waals surface area contributed by atoms with Gasteiger partial charge in [0, 0.05) is 24.0 Å². The Labute approximate surface area is 195 Å². The number of carbonyl (C=O) groups is 2. The third-order valence-electron chi connectivity index (χ3n) is 5.84. The van der Waals surface area contributed by atoms with E-state index in [1.807, 2.05) is 42.8 Å². The molecule has 4 N–H and O–H groups in total. The van der Waals surface area contributed by atoms with Crippen molar-refractivity contribution < 1.29 is 18.0 Å². The predicted molar refractivity (Wildman–Crippen MR) is 131 cm³/mol. The molecule has 0 radical (unpaired) electrons. The maximum Gasteiger partial charge on any atom is 0.264 e. The molecule has 1 unspecified atom stereocenters. The first-order valence-corrected chi connectivity index (χ1v) is 12.6. The second-order valence-corrected chi connectivity index (χ2v) is 11.5. The lowest BCUT2D eigenvalue weighted by molar-refractivity contribution is -0.123. The van der Waals surface area contributed by atoms with Crippen LogP contribution < -0.4 is 20.7 Å². The van der Waals surface area contributed by atoms with Crippen LogP contribution in [0.25, 0.3) is 0 Å². The predicted octanol–water partition coefficient (Wildman–Crippen LogP) is 3.05. The zero-order chi connectivity index (χ0) is 24.6. The molecule has 33 heavy (non-hydrogen) atoms. The molecule has 1 heterocycles. The first kappa shape index (κ1) is 24.6. The quantitative estimate of drug-likeness (QED) is 0.514. The minimum absolute atomic E-state index is 0.00874. The third kappa shape index (κ3) is 5.65. The molecule has 2 aromatic carbocycles. The fraction of sp³-hybridized carbons (Fsp3) is 0.417. The lowest BCUT2D eigenvalue weighted by Crippen LogP contribution is -2.46. The molecule has 0 fully saturated rings. The molecule has 0 aliphatic carbocycles. The van der Waals surface area contributed by atoms with Crippen molar-refractivity contribution in [1.82, 2.24) is 10.0 Å². The van der Waals surface area contributed by atoms with E-state index in [1.165, 1.54) is 0 Å². The molecule has 0 saturated heterocycles. The summed E-state index contributed by atoms with van der Waals surface area (Å²) in [4.78, 5) is 24.4. The van der Waals surface area contributed by atoms with E-state index in [-0.39, 0.29) is 17.4 Å². The number of benzene rings is 2. The Morgan fingerprint density at radius 1 is 1.12 bits per heavy atom. The third-order valence-corrected chi connectivity index (χ3v) is 6.40. The Morgan fingerprint density at radius 3 is 2.45 bits per heavy atom. The number of fused-ring (bicyclic) bond motifs is 1. The van der Waals surface area contributed by atoms with Crippen LogP contribution in [0, 0.1) is 5.41 Å². The number of amides is 2. The van der Waals surface area contributed by atoms with Gasteiger partial charge in [-0.05, 0) is 67.1 Å². The summed E-state index contributed by atoms with van der Waals surface area (Å²) in [6.45, 7) is 7.95. The van der Waals surface area contributed by atoms with Gasteiger partial charge in [0.15, 0.2) is 0 Å². The second kappa shape index (κ2) is 8.70. The summed E-state index contributed by atoms with van der Waals surface area (Å²) in [7, 11) is -2.02. The van der Waals surface area contributed by atoms with Crippen LogP contribution in [0.2, 0.25) is 0 Å². The van der Waals surface area contributed by atoms with Gasteiger partial charge in [0.05, 0.1) is 12.3 Å². The highest BCUT2D eigenvalue weighted by Gasteiger charge is 2.36. The van der Waals surface area contributed by atoms with Crippen LogP contribution in [0.1, 0.15) is 55.2 Å². The van der Waals surface area contributed by atoms with E-state index in [4.69, 9.17) is 0 Å². The number of sulfonamides is 1. The van der Waals surface area contributed by atoms with E-state index in [0.717, 1.165) is 28.8 Å². The first-order valence-electron chi connectivity index (χ1n) is 10.7. The molecule has 2 amide bonds. The summed E-state index contributed by atoms with van der Waals surface area (Å²) in [6.07, 6.45) is 1.65. The summed E-state index contributed by atoms with van der Waals surface area (Å²) in [5, 5.41) is 9.56. The Kier molecular flexibility index (Phi) is 6.48. The van der Waals surface area contributed by atoms with E-state index >= 15 is 0 Å². The fourth-order valence-corrected chi connectivity index (χ4v) is 4.71. The van der Waals surface area contributed by atoms with Crippen molar-refractivity contribution in [1.29, 1.82) is 0 Å². The van der Waals surface area contributed by atoms with Gasteiger partial charge in [-0.25, -0.2) is 13.1 Å². The van der Waals surface area contributed by atoms with Crippen LogP contribution in [0.4, 0.5) is 11.4 Å². The molecule has 0 saturated carbocycles. The molecule has 8 nitrogen and oxygen atoms in total. The van der Waals surface area contributed by atoms with E-state index in [1.54, 1.807) is 19.2 Å². The van der Waals surface area contributed by atoms with Gasteiger partial charge in [0.25, 0.3) is 5.91 Å². The number of rotatable bonds is 6. The molecule has 3 rings (SSSR count). The molecule has 1 aliphatic heterocycles. The number of carbonyl (C=O) groups excluding carboxylic acids is 2. The normalized spacial score (nSPS) is 17.3. The topological polar surface area (TPSA) is 116 Å². The highest BCUT2D eigenvalue weighted by atomic mass is 32.2. The highest BCUT2D eigenvalue weighted by Crippen LogP contribution is 2.45. The number of likely N-dealkylation sites (N-methyl/N-ethyl adjacent to an activating group) is 1. The van der Waals surface area contributed by atoms with E-state index in [2.05, 4.69) is 35.9 Å². The van der Waals surface area contributed by atoms with Gasteiger partial charge in [-0.15, -0.1) is 0 Å². The average Bonchev–Trinajstić information content (AvgIpc) is 2.70. The van der Waals surface area contributed by atoms with Crippen molar-refractivity contribution in [3.8, 4) is 0 Å². The van der Waals surface area contributed by atoms with Crippen molar-refractivity contribution in [3.63, 3.8) is 0 Å². The van der Waals surface area contributed by atoms with E-state index in [9.17, 15) is 18.0 Å². The summed E-state index contributed by atoms with van der Waals surface area (Å²) < 4.78 is 24.8. The maximum atomic E-state index is 12.3. The molecule has 9 heteroatoms. The SMILES string of the molecule is CNC(=O)C(C)(C)Nc1cccc(C2Nc3ccc(C(=O)NS(C)(=O)=O)cc3CC2(C)C)c1. The number of anilines is 2. The number of hydrogen-bond acceptors (Lipinski definition) is 6. The molecule has 0 spiro atoms. The second-order valence-electron chi connectivity index (χ2n) is 9.77. The van der Waals surface area contributed by atoms with Crippen molar-refractivity contribution in [3.05, 3.63) is 59.2 Å². The lowest BCUT2D eigenvalue weighted by atomic mass is 9.72. The number of nitrogens with one attached hydrogen (secondary N) is 4. The van der Waals surface area contributed by atoms with Gasteiger partial charge in [-0.1, -0.05) is 26.0 Å². The van der Waals surface area contributed by atoms with Crippen LogP contribution in [0.15, 0.2) is 42.5 Å². The Bertz CT molecular complexity index is 1190. The molecule has 178 valence electrons. The minimum atomic E-state index is -3.63. The lowest BCUT2D eigenvalue weighted by Gasteiger charge is -2.41. The van der Waals surface area contributed by atoms with Crippen molar-refractivity contribution in [2.24, 2.45) is 5.41 Å². The highest BCUT2D eigenvalue weighted by molar-refractivity contribution is 7.89. The summed E-state index contributed by atoms with van der Waals surface area (Å²) >= 11 is 0. The van der Waals surface area contributed by atoms with Crippen LogP contribution in [-0.4, -0.2) is 39.1 Å². The maximum absolute atomic E-state index is 12.3. The van der Waals surface area contributed by atoms with Gasteiger partial charge >= 0.3 is 0 Å². The Balaban J connectivity index is 1.88. The fourth-order valence-electron chi connectivity index (χ4n) is 4.25. The Hall–Kier alpha value is -3.07. The number of hydrogen-bond donors (Lipinski definition) is 4. The molecular weight excluding hydrogens is 440 g/mol. The van der Waals surface area contributed by atoms with Crippen molar-refractivity contribution in [2.45, 2.75) is 45.7 Å². The summed E-state index contributed by atoms with van der Waals surface area (Å²) in [6, 6.07) is 13.2. The first-order chi connectivity index (χ1) is 15.2. The van der Waals surface area contributed by atoms with Gasteiger partial charge < -0.3 is 16.0 Å². The largest absolute Gasteiger partial charge is 0.377 e. The van der Waals surface area contributed by atoms with Crippen LogP contribution in [0.3, 0.4) is 0 Å². The molecule has 2 aromatic rings. The monoisotopic (exact) mass is 472 g/mol. The van der Waals surface area contributed by atoms with Crippen molar-refractivity contribution >= 4 is 33.2 Å². The van der Waals surface area contributed by atoms with Crippen LogP contribution >= 0.6 is 0 Å². The zero-order valence-electron chi connectivity index (χ0n) is 19.9. The van der Waals surface area contributed by atoms with E-state index < -0.39 is 21.5 Å².